The van der Waals surface area contributed by atoms with E-state index in [1.54, 1.807) is 19.2 Å². The molecule has 2 amide bonds. The summed E-state index contributed by atoms with van der Waals surface area (Å²) < 4.78 is 13.2. The Bertz CT molecular complexity index is 752. The van der Waals surface area contributed by atoms with Gasteiger partial charge in [0.2, 0.25) is 11.8 Å². The molecular weight excluding hydrogens is 339 g/mol. The molecule has 25 heavy (non-hydrogen) atoms. The summed E-state index contributed by atoms with van der Waals surface area (Å²) in [6.07, 6.45) is 0. The molecule has 0 aliphatic carbocycles. The van der Waals surface area contributed by atoms with Crippen molar-refractivity contribution in [3.05, 3.63) is 65.5 Å². The van der Waals surface area contributed by atoms with Crippen LogP contribution in [0.5, 0.6) is 0 Å². The highest BCUT2D eigenvalue weighted by molar-refractivity contribution is 8.00. The molecule has 0 unspecified atom stereocenters. The first-order valence-corrected chi connectivity index (χ1v) is 9.02. The molecule has 1 N–H and O–H groups in total. The Balaban J connectivity index is 1.73. The van der Waals surface area contributed by atoms with Crippen LogP contribution in [0.15, 0.2) is 48.5 Å². The van der Waals surface area contributed by atoms with Crippen molar-refractivity contribution in [3.63, 3.8) is 0 Å². The van der Waals surface area contributed by atoms with Crippen LogP contribution >= 0.6 is 11.8 Å². The van der Waals surface area contributed by atoms with Crippen LogP contribution in [-0.2, 0) is 16.1 Å². The number of benzene rings is 2. The van der Waals surface area contributed by atoms with Crippen molar-refractivity contribution in [2.75, 3.05) is 23.9 Å². The third-order valence-electron chi connectivity index (χ3n) is 3.50. The average Bonchev–Trinajstić information content (AvgIpc) is 2.54. The van der Waals surface area contributed by atoms with Crippen LogP contribution in [-0.4, -0.2) is 35.3 Å². The van der Waals surface area contributed by atoms with E-state index in [1.165, 1.54) is 28.8 Å². The molecule has 0 aliphatic rings. The average molecular weight is 360 g/mol. The van der Waals surface area contributed by atoms with Gasteiger partial charge in [0.15, 0.2) is 0 Å². The number of amides is 2. The fourth-order valence-corrected chi connectivity index (χ4v) is 3.01. The van der Waals surface area contributed by atoms with E-state index in [0.29, 0.717) is 6.54 Å². The summed E-state index contributed by atoms with van der Waals surface area (Å²) in [6, 6.07) is 13.7. The smallest absolute Gasteiger partial charge is 0.234 e. The summed E-state index contributed by atoms with van der Waals surface area (Å²) in [5, 5.41) is 2.81. The van der Waals surface area contributed by atoms with Crippen LogP contribution in [0.3, 0.4) is 0 Å². The van der Waals surface area contributed by atoms with Gasteiger partial charge in [0, 0.05) is 19.3 Å². The summed E-state index contributed by atoms with van der Waals surface area (Å²) in [6.45, 7) is 2.30. The number of halogens is 1. The summed E-state index contributed by atoms with van der Waals surface area (Å²) in [7, 11) is 1.67. The number of hydrogen-bond donors (Lipinski definition) is 1. The first-order valence-electron chi connectivity index (χ1n) is 7.87. The molecule has 0 heterocycles. The summed E-state index contributed by atoms with van der Waals surface area (Å²) in [5.41, 5.74) is 2.55. The third-order valence-corrected chi connectivity index (χ3v) is 4.41. The standard InChI is InChI=1S/C19H21FN2O2S/c1-14-5-3-8-17(9-14)21-18(23)12-25-13-19(24)22(2)11-15-6-4-7-16(20)10-15/h3-10H,11-13H2,1-2H3,(H,21,23). The lowest BCUT2D eigenvalue weighted by Crippen LogP contribution is -2.28. The van der Waals surface area contributed by atoms with E-state index in [2.05, 4.69) is 5.32 Å². The molecule has 0 atom stereocenters. The Morgan fingerprint density at radius 1 is 1.12 bits per heavy atom. The highest BCUT2D eigenvalue weighted by Crippen LogP contribution is 2.11. The molecule has 132 valence electrons. The highest BCUT2D eigenvalue weighted by atomic mass is 32.2. The topological polar surface area (TPSA) is 49.4 Å². The van der Waals surface area contributed by atoms with E-state index < -0.39 is 0 Å². The molecule has 0 saturated heterocycles. The van der Waals surface area contributed by atoms with E-state index >= 15 is 0 Å². The second kappa shape index (κ2) is 9.22. The van der Waals surface area contributed by atoms with Gasteiger partial charge in [-0.3, -0.25) is 9.59 Å². The van der Waals surface area contributed by atoms with E-state index in [4.69, 9.17) is 0 Å². The summed E-state index contributed by atoms with van der Waals surface area (Å²) in [4.78, 5) is 25.5. The number of anilines is 1. The molecule has 2 rings (SSSR count). The fourth-order valence-electron chi connectivity index (χ4n) is 2.26. The maximum Gasteiger partial charge on any atom is 0.234 e. The van der Waals surface area contributed by atoms with Gasteiger partial charge in [-0.1, -0.05) is 24.3 Å². The highest BCUT2D eigenvalue weighted by Gasteiger charge is 2.11. The molecule has 2 aromatic carbocycles. The van der Waals surface area contributed by atoms with Crippen molar-refractivity contribution in [2.45, 2.75) is 13.5 Å². The lowest BCUT2D eigenvalue weighted by atomic mass is 10.2. The minimum Gasteiger partial charge on any atom is -0.341 e. The maximum absolute atomic E-state index is 13.2. The number of carbonyl (C=O) groups excluding carboxylic acids is 2. The first kappa shape index (κ1) is 19.0. The molecule has 0 radical (unpaired) electrons. The van der Waals surface area contributed by atoms with Crippen LogP contribution in [0, 0.1) is 12.7 Å². The monoisotopic (exact) mass is 360 g/mol. The Labute approximate surface area is 151 Å². The zero-order valence-electron chi connectivity index (χ0n) is 14.3. The fraction of sp³-hybridized carbons (Fsp3) is 0.263. The summed E-state index contributed by atoms with van der Waals surface area (Å²) in [5.74, 6) is -0.157. The zero-order valence-corrected chi connectivity index (χ0v) is 15.1. The molecule has 2 aromatic rings. The van der Waals surface area contributed by atoms with Crippen molar-refractivity contribution in [1.82, 2.24) is 4.90 Å². The van der Waals surface area contributed by atoms with Crippen LogP contribution in [0.25, 0.3) is 0 Å². The minimum atomic E-state index is -0.319. The lowest BCUT2D eigenvalue weighted by molar-refractivity contribution is -0.127. The second-order valence-electron chi connectivity index (χ2n) is 5.79. The first-order chi connectivity index (χ1) is 11.9. The molecular formula is C19H21FN2O2S. The van der Waals surface area contributed by atoms with E-state index in [-0.39, 0.29) is 29.1 Å². The number of rotatable bonds is 7. The molecule has 0 fully saturated rings. The zero-order chi connectivity index (χ0) is 18.2. The van der Waals surface area contributed by atoms with Crippen LogP contribution in [0.1, 0.15) is 11.1 Å². The van der Waals surface area contributed by atoms with Gasteiger partial charge in [0.25, 0.3) is 0 Å². The van der Waals surface area contributed by atoms with Crippen LogP contribution in [0.4, 0.5) is 10.1 Å². The number of hydrogen-bond acceptors (Lipinski definition) is 3. The van der Waals surface area contributed by atoms with E-state index in [9.17, 15) is 14.0 Å². The SMILES string of the molecule is Cc1cccc(NC(=O)CSCC(=O)N(C)Cc2cccc(F)c2)c1. The number of nitrogens with zero attached hydrogens (tertiary/aromatic N) is 1. The Hall–Kier alpha value is -2.34. The number of carbonyl (C=O) groups is 2. The largest absolute Gasteiger partial charge is 0.341 e. The minimum absolute atomic E-state index is 0.0994. The predicted molar refractivity (Wildman–Crippen MR) is 100 cm³/mol. The van der Waals surface area contributed by atoms with Crippen molar-refractivity contribution >= 4 is 29.3 Å². The van der Waals surface area contributed by atoms with Gasteiger partial charge in [-0.15, -0.1) is 11.8 Å². The van der Waals surface area contributed by atoms with Gasteiger partial charge in [0.1, 0.15) is 5.82 Å². The maximum atomic E-state index is 13.2. The molecule has 0 bridgehead atoms. The predicted octanol–water partition coefficient (Wildman–Crippen LogP) is 3.46. The van der Waals surface area contributed by atoms with Gasteiger partial charge in [-0.2, -0.15) is 0 Å². The van der Waals surface area contributed by atoms with Crippen molar-refractivity contribution in [2.24, 2.45) is 0 Å². The Morgan fingerprint density at radius 2 is 1.88 bits per heavy atom. The van der Waals surface area contributed by atoms with Crippen LogP contribution in [0.2, 0.25) is 0 Å². The molecule has 0 aromatic heterocycles. The molecule has 0 spiro atoms. The van der Waals surface area contributed by atoms with Gasteiger partial charge in [-0.05, 0) is 42.3 Å². The van der Waals surface area contributed by atoms with E-state index in [0.717, 1.165) is 16.8 Å². The van der Waals surface area contributed by atoms with Gasteiger partial charge < -0.3 is 10.2 Å². The van der Waals surface area contributed by atoms with Gasteiger partial charge >= 0.3 is 0 Å². The van der Waals surface area contributed by atoms with Crippen molar-refractivity contribution < 1.29 is 14.0 Å². The Kier molecular flexibility index (Phi) is 7.01. The number of aryl methyl sites for hydroxylation is 1. The number of thioether (sulfide) groups is 1. The quantitative estimate of drug-likeness (QED) is 0.823. The normalized spacial score (nSPS) is 10.4. The summed E-state index contributed by atoms with van der Waals surface area (Å²) >= 11 is 1.26. The molecule has 0 saturated carbocycles. The van der Waals surface area contributed by atoms with Gasteiger partial charge in [-0.25, -0.2) is 4.39 Å². The molecule has 0 aliphatic heterocycles. The molecule has 4 nitrogen and oxygen atoms in total. The Morgan fingerprint density at radius 3 is 2.60 bits per heavy atom. The van der Waals surface area contributed by atoms with Crippen molar-refractivity contribution in [3.8, 4) is 0 Å². The van der Waals surface area contributed by atoms with Gasteiger partial charge in [0.05, 0.1) is 11.5 Å². The lowest BCUT2D eigenvalue weighted by Gasteiger charge is -2.17. The molecule has 6 heteroatoms. The van der Waals surface area contributed by atoms with Crippen molar-refractivity contribution in [1.29, 1.82) is 0 Å². The second-order valence-corrected chi connectivity index (χ2v) is 6.78. The number of nitrogens with one attached hydrogen (secondary N) is 1. The van der Waals surface area contributed by atoms with Crippen LogP contribution < -0.4 is 5.32 Å². The third kappa shape index (κ3) is 6.58. The van der Waals surface area contributed by atoms with E-state index in [1.807, 2.05) is 31.2 Å².